The Balaban J connectivity index is 2.03. The number of nitrogens with one attached hydrogen (secondary N) is 1. The molecule has 1 aromatic carbocycles. The number of halogens is 1. The minimum atomic E-state index is -0.625. The topological polar surface area (TPSA) is 64.6 Å². The highest BCUT2D eigenvalue weighted by Gasteiger charge is 2.19. The Bertz CT molecular complexity index is 698. The van der Waals surface area contributed by atoms with E-state index in [2.05, 4.69) is 5.32 Å². The van der Waals surface area contributed by atoms with Gasteiger partial charge in [-0.15, -0.1) is 11.3 Å². The summed E-state index contributed by atoms with van der Waals surface area (Å²) in [6.07, 6.45) is 0. The van der Waals surface area contributed by atoms with E-state index in [1.54, 1.807) is 19.1 Å². The Hall–Kier alpha value is -1.99. The fraction of sp³-hybridized carbons (Fsp3) is 0.333. The molecule has 7 heteroatoms. The standard InChI is InChI=1S/C15H16FNO4S/c1-9-13-10(16)4-3-5-11(13)22-14(9)15(19)21-8-12(18)17-6-7-20-2/h3-5H,6-8H2,1-2H3,(H,17,18). The summed E-state index contributed by atoms with van der Waals surface area (Å²) in [5.74, 6) is -1.40. The van der Waals surface area contributed by atoms with Crippen LogP contribution in [0.5, 0.6) is 0 Å². The van der Waals surface area contributed by atoms with Crippen molar-refractivity contribution in [3.63, 3.8) is 0 Å². The van der Waals surface area contributed by atoms with Gasteiger partial charge in [-0.25, -0.2) is 9.18 Å². The zero-order valence-corrected chi connectivity index (χ0v) is 13.1. The molecular weight excluding hydrogens is 309 g/mol. The van der Waals surface area contributed by atoms with Crippen molar-refractivity contribution in [2.45, 2.75) is 6.92 Å². The van der Waals surface area contributed by atoms with Gasteiger partial charge in [0.2, 0.25) is 0 Å². The molecule has 0 unspecified atom stereocenters. The summed E-state index contributed by atoms with van der Waals surface area (Å²) >= 11 is 1.15. The van der Waals surface area contributed by atoms with Crippen LogP contribution in [0.15, 0.2) is 18.2 Å². The number of ether oxygens (including phenoxy) is 2. The molecule has 0 spiro atoms. The van der Waals surface area contributed by atoms with Crippen molar-refractivity contribution >= 4 is 33.3 Å². The van der Waals surface area contributed by atoms with Gasteiger partial charge in [0.05, 0.1) is 6.61 Å². The summed E-state index contributed by atoms with van der Waals surface area (Å²) in [5.41, 5.74) is 0.530. The molecule has 2 aromatic rings. The van der Waals surface area contributed by atoms with E-state index in [9.17, 15) is 14.0 Å². The number of hydrogen-bond donors (Lipinski definition) is 1. The molecular formula is C15H16FNO4S. The Morgan fingerprint density at radius 1 is 1.36 bits per heavy atom. The Labute approximate surface area is 131 Å². The van der Waals surface area contributed by atoms with E-state index in [1.165, 1.54) is 13.2 Å². The van der Waals surface area contributed by atoms with E-state index < -0.39 is 11.9 Å². The average molecular weight is 325 g/mol. The average Bonchev–Trinajstić information content (AvgIpc) is 2.83. The van der Waals surface area contributed by atoms with Crippen molar-refractivity contribution in [3.8, 4) is 0 Å². The van der Waals surface area contributed by atoms with Crippen LogP contribution in [-0.2, 0) is 14.3 Å². The number of benzene rings is 1. The molecule has 0 aliphatic heterocycles. The molecule has 0 fully saturated rings. The van der Waals surface area contributed by atoms with Gasteiger partial charge in [-0.1, -0.05) is 6.07 Å². The van der Waals surface area contributed by atoms with Crippen LogP contribution >= 0.6 is 11.3 Å². The van der Waals surface area contributed by atoms with Crippen molar-refractivity contribution in [3.05, 3.63) is 34.5 Å². The molecule has 118 valence electrons. The second kappa shape index (κ2) is 7.33. The zero-order valence-electron chi connectivity index (χ0n) is 12.3. The summed E-state index contributed by atoms with van der Waals surface area (Å²) in [4.78, 5) is 23.8. The molecule has 2 rings (SSSR count). The van der Waals surface area contributed by atoms with Crippen LogP contribution in [0, 0.1) is 12.7 Å². The number of fused-ring (bicyclic) bond motifs is 1. The van der Waals surface area contributed by atoms with Crippen molar-refractivity contribution in [2.75, 3.05) is 26.9 Å². The van der Waals surface area contributed by atoms with Gasteiger partial charge >= 0.3 is 5.97 Å². The number of carbonyl (C=O) groups is 2. The third-order valence-electron chi connectivity index (χ3n) is 3.05. The predicted molar refractivity (Wildman–Crippen MR) is 81.7 cm³/mol. The Morgan fingerprint density at radius 2 is 2.14 bits per heavy atom. The number of carbonyl (C=O) groups excluding carboxylic acids is 2. The summed E-state index contributed by atoms with van der Waals surface area (Å²) in [6.45, 7) is 2.02. The van der Waals surface area contributed by atoms with E-state index in [0.29, 0.717) is 33.7 Å². The molecule has 1 amide bonds. The van der Waals surface area contributed by atoms with Crippen molar-refractivity contribution in [1.82, 2.24) is 5.32 Å². The van der Waals surface area contributed by atoms with Gasteiger partial charge in [-0.05, 0) is 24.6 Å². The molecule has 1 heterocycles. The maximum Gasteiger partial charge on any atom is 0.349 e. The lowest BCUT2D eigenvalue weighted by Gasteiger charge is -2.05. The SMILES string of the molecule is COCCNC(=O)COC(=O)c1sc2cccc(F)c2c1C. The van der Waals surface area contributed by atoms with Gasteiger partial charge in [-0.3, -0.25) is 4.79 Å². The van der Waals surface area contributed by atoms with E-state index >= 15 is 0 Å². The number of rotatable bonds is 6. The van der Waals surface area contributed by atoms with Crippen molar-refractivity contribution in [1.29, 1.82) is 0 Å². The van der Waals surface area contributed by atoms with Crippen molar-refractivity contribution in [2.24, 2.45) is 0 Å². The summed E-state index contributed by atoms with van der Waals surface area (Å²) in [7, 11) is 1.52. The largest absolute Gasteiger partial charge is 0.451 e. The van der Waals surface area contributed by atoms with Crippen LogP contribution in [0.3, 0.4) is 0 Å². The monoisotopic (exact) mass is 325 g/mol. The highest BCUT2D eigenvalue weighted by atomic mass is 32.1. The van der Waals surface area contributed by atoms with Gasteiger partial charge in [0.15, 0.2) is 6.61 Å². The van der Waals surface area contributed by atoms with E-state index in [0.717, 1.165) is 11.3 Å². The van der Waals surface area contributed by atoms with Crippen LogP contribution in [0.4, 0.5) is 4.39 Å². The quantitative estimate of drug-likeness (QED) is 0.654. The maximum absolute atomic E-state index is 13.8. The molecule has 0 saturated carbocycles. The molecule has 5 nitrogen and oxygen atoms in total. The molecule has 22 heavy (non-hydrogen) atoms. The minimum Gasteiger partial charge on any atom is -0.451 e. The third-order valence-corrected chi connectivity index (χ3v) is 4.29. The van der Waals surface area contributed by atoms with Crippen LogP contribution in [0.1, 0.15) is 15.2 Å². The first-order valence-corrected chi connectivity index (χ1v) is 7.46. The van der Waals surface area contributed by atoms with Gasteiger partial charge < -0.3 is 14.8 Å². The number of hydrogen-bond acceptors (Lipinski definition) is 5. The second-order valence-corrected chi connectivity index (χ2v) is 5.64. The minimum absolute atomic E-state index is 0.310. The number of methoxy groups -OCH3 is 1. The first-order chi connectivity index (χ1) is 10.5. The van der Waals surface area contributed by atoms with Crippen LogP contribution in [-0.4, -0.2) is 38.7 Å². The normalized spacial score (nSPS) is 10.7. The molecule has 0 aliphatic rings. The molecule has 0 radical (unpaired) electrons. The van der Waals surface area contributed by atoms with Gasteiger partial charge in [0, 0.05) is 23.7 Å². The molecule has 1 aromatic heterocycles. The Kier molecular flexibility index (Phi) is 5.46. The number of amides is 1. The number of thiophene rings is 1. The first kappa shape index (κ1) is 16.4. The summed E-state index contributed by atoms with van der Waals surface area (Å²) in [5, 5.41) is 2.96. The van der Waals surface area contributed by atoms with E-state index in [-0.39, 0.29) is 12.4 Å². The van der Waals surface area contributed by atoms with Gasteiger partial charge in [0.1, 0.15) is 10.7 Å². The van der Waals surface area contributed by atoms with Gasteiger partial charge in [-0.2, -0.15) is 0 Å². The highest BCUT2D eigenvalue weighted by molar-refractivity contribution is 7.21. The number of aryl methyl sites for hydroxylation is 1. The Morgan fingerprint density at radius 3 is 2.82 bits per heavy atom. The fourth-order valence-electron chi connectivity index (χ4n) is 1.99. The van der Waals surface area contributed by atoms with Crippen LogP contribution < -0.4 is 5.32 Å². The fourth-order valence-corrected chi connectivity index (χ4v) is 3.10. The zero-order chi connectivity index (χ0) is 16.1. The summed E-state index contributed by atoms with van der Waals surface area (Å²) < 4.78 is 24.2. The molecule has 0 saturated heterocycles. The maximum atomic E-state index is 13.8. The molecule has 1 N–H and O–H groups in total. The lowest BCUT2D eigenvalue weighted by Crippen LogP contribution is -2.31. The lowest BCUT2D eigenvalue weighted by atomic mass is 10.1. The molecule has 0 aliphatic carbocycles. The predicted octanol–water partition coefficient (Wildman–Crippen LogP) is 2.27. The first-order valence-electron chi connectivity index (χ1n) is 6.65. The molecule has 0 atom stereocenters. The van der Waals surface area contributed by atoms with Crippen LogP contribution in [0.2, 0.25) is 0 Å². The highest BCUT2D eigenvalue weighted by Crippen LogP contribution is 2.32. The molecule has 0 bridgehead atoms. The smallest absolute Gasteiger partial charge is 0.349 e. The van der Waals surface area contributed by atoms with Crippen molar-refractivity contribution < 1.29 is 23.5 Å². The second-order valence-electron chi connectivity index (χ2n) is 4.59. The number of esters is 1. The van der Waals surface area contributed by atoms with Gasteiger partial charge in [0.25, 0.3) is 5.91 Å². The summed E-state index contributed by atoms with van der Waals surface area (Å²) in [6, 6.07) is 4.68. The van der Waals surface area contributed by atoms with Crippen LogP contribution in [0.25, 0.3) is 10.1 Å². The van der Waals surface area contributed by atoms with E-state index in [4.69, 9.17) is 9.47 Å². The lowest BCUT2D eigenvalue weighted by molar-refractivity contribution is -0.124. The van der Waals surface area contributed by atoms with E-state index in [1.807, 2.05) is 0 Å². The third kappa shape index (κ3) is 3.61.